The van der Waals surface area contributed by atoms with Crippen molar-refractivity contribution in [3.05, 3.63) is 53.1 Å². The second-order valence-corrected chi connectivity index (χ2v) is 11.3. The van der Waals surface area contributed by atoms with Crippen molar-refractivity contribution in [2.24, 2.45) is 11.8 Å². The molecule has 2 aromatic rings. The molecule has 0 saturated heterocycles. The van der Waals surface area contributed by atoms with Crippen LogP contribution in [-0.4, -0.2) is 38.8 Å². The first-order valence-corrected chi connectivity index (χ1v) is 12.7. The molecule has 0 aliphatic heterocycles. The fourth-order valence-corrected chi connectivity index (χ4v) is 5.57. The van der Waals surface area contributed by atoms with Crippen molar-refractivity contribution in [3.8, 4) is 0 Å². The van der Waals surface area contributed by atoms with Crippen LogP contribution in [0.1, 0.15) is 39.2 Å². The number of rotatable bonds is 9. The molecule has 0 bridgehead atoms. The Kier molecular flexibility index (Phi) is 7.53. The SMILES string of the molecule is CC(C)[C@H](C)N(Cc1cc(NC(=O)C2CC2)ccc1N(C)C)S(=O)(=O)c1cccc(Cl)c1. The summed E-state index contributed by atoms with van der Waals surface area (Å²) in [6.07, 6.45) is 1.85. The van der Waals surface area contributed by atoms with Gasteiger partial charge < -0.3 is 10.2 Å². The minimum absolute atomic E-state index is 0.0208. The number of sulfonamides is 1. The van der Waals surface area contributed by atoms with Crippen LogP contribution in [0.2, 0.25) is 5.02 Å². The van der Waals surface area contributed by atoms with Crippen molar-refractivity contribution in [2.45, 2.75) is 51.1 Å². The highest BCUT2D eigenvalue weighted by Crippen LogP contribution is 2.33. The van der Waals surface area contributed by atoms with E-state index < -0.39 is 10.0 Å². The Balaban J connectivity index is 2.02. The molecule has 1 amide bonds. The molecule has 8 heteroatoms. The van der Waals surface area contributed by atoms with Crippen LogP contribution in [0, 0.1) is 11.8 Å². The van der Waals surface area contributed by atoms with Crippen LogP contribution < -0.4 is 10.2 Å². The van der Waals surface area contributed by atoms with Gasteiger partial charge in [-0.1, -0.05) is 31.5 Å². The Morgan fingerprint density at radius 3 is 2.38 bits per heavy atom. The van der Waals surface area contributed by atoms with Gasteiger partial charge in [-0.3, -0.25) is 4.79 Å². The molecule has 1 atom stereocenters. The Bertz CT molecular complexity index is 1080. The van der Waals surface area contributed by atoms with Gasteiger partial charge in [-0.05, 0) is 67.6 Å². The topological polar surface area (TPSA) is 69.7 Å². The predicted octanol–water partition coefficient (Wildman–Crippen LogP) is 4.99. The first-order valence-electron chi connectivity index (χ1n) is 10.9. The quantitative estimate of drug-likeness (QED) is 0.552. The Hall–Kier alpha value is -2.09. The maximum absolute atomic E-state index is 13.7. The fourth-order valence-electron chi connectivity index (χ4n) is 3.53. The summed E-state index contributed by atoms with van der Waals surface area (Å²) in [6, 6.07) is 11.8. The summed E-state index contributed by atoms with van der Waals surface area (Å²) in [5.74, 6) is 0.213. The number of nitrogens with zero attached hydrogens (tertiary/aromatic N) is 2. The number of carbonyl (C=O) groups excluding carboxylic acids is 1. The summed E-state index contributed by atoms with van der Waals surface area (Å²) in [6.45, 7) is 6.10. The van der Waals surface area contributed by atoms with Crippen molar-refractivity contribution in [3.63, 3.8) is 0 Å². The third kappa shape index (κ3) is 5.63. The number of benzene rings is 2. The highest BCUT2D eigenvalue weighted by atomic mass is 35.5. The van der Waals surface area contributed by atoms with E-state index in [1.165, 1.54) is 10.4 Å². The predicted molar refractivity (Wildman–Crippen MR) is 131 cm³/mol. The summed E-state index contributed by atoms with van der Waals surface area (Å²) in [4.78, 5) is 14.4. The zero-order valence-electron chi connectivity index (χ0n) is 19.3. The Labute approximate surface area is 196 Å². The fraction of sp³-hybridized carbons (Fsp3) is 0.458. The Morgan fingerprint density at radius 2 is 1.81 bits per heavy atom. The van der Waals surface area contributed by atoms with E-state index in [4.69, 9.17) is 11.6 Å². The molecular weight excluding hydrogens is 446 g/mol. The molecule has 32 heavy (non-hydrogen) atoms. The molecular formula is C24H32ClN3O3S. The van der Waals surface area contributed by atoms with E-state index in [0.717, 1.165) is 24.1 Å². The van der Waals surface area contributed by atoms with E-state index in [2.05, 4.69) is 5.32 Å². The average molecular weight is 478 g/mol. The molecule has 1 aliphatic carbocycles. The summed E-state index contributed by atoms with van der Waals surface area (Å²) in [5.41, 5.74) is 2.40. The lowest BCUT2D eigenvalue weighted by Crippen LogP contribution is -2.41. The number of amides is 1. The number of carbonyl (C=O) groups is 1. The van der Waals surface area contributed by atoms with Crippen molar-refractivity contribution >= 4 is 38.9 Å². The molecule has 174 valence electrons. The largest absolute Gasteiger partial charge is 0.377 e. The molecule has 2 aromatic carbocycles. The molecule has 0 aromatic heterocycles. The monoisotopic (exact) mass is 477 g/mol. The highest BCUT2D eigenvalue weighted by molar-refractivity contribution is 7.89. The van der Waals surface area contributed by atoms with Gasteiger partial charge in [-0.15, -0.1) is 0 Å². The van der Waals surface area contributed by atoms with Gasteiger partial charge in [0.1, 0.15) is 0 Å². The van der Waals surface area contributed by atoms with Gasteiger partial charge in [0, 0.05) is 49.0 Å². The number of nitrogens with one attached hydrogen (secondary N) is 1. The van der Waals surface area contributed by atoms with E-state index in [-0.39, 0.29) is 35.2 Å². The molecule has 1 N–H and O–H groups in total. The number of hydrogen-bond donors (Lipinski definition) is 1. The standard InChI is InChI=1S/C24H32ClN3O3S/c1-16(2)17(3)28(32(30,31)22-8-6-7-20(25)14-22)15-19-13-21(11-12-23(19)27(4)5)26-24(29)18-9-10-18/h6-8,11-14,16-18H,9-10,15H2,1-5H3,(H,26,29)/t17-/m0/s1. The molecule has 3 rings (SSSR count). The lowest BCUT2D eigenvalue weighted by atomic mass is 10.1. The molecule has 0 heterocycles. The molecule has 0 radical (unpaired) electrons. The van der Waals surface area contributed by atoms with Crippen molar-refractivity contribution < 1.29 is 13.2 Å². The maximum atomic E-state index is 13.7. The third-order valence-electron chi connectivity index (χ3n) is 5.92. The van der Waals surface area contributed by atoms with Crippen LogP contribution in [-0.2, 0) is 21.4 Å². The van der Waals surface area contributed by atoms with Gasteiger partial charge in [0.2, 0.25) is 15.9 Å². The lowest BCUT2D eigenvalue weighted by molar-refractivity contribution is -0.117. The minimum Gasteiger partial charge on any atom is -0.377 e. The zero-order valence-corrected chi connectivity index (χ0v) is 20.9. The van der Waals surface area contributed by atoms with Crippen molar-refractivity contribution in [1.29, 1.82) is 0 Å². The van der Waals surface area contributed by atoms with E-state index in [0.29, 0.717) is 10.7 Å². The van der Waals surface area contributed by atoms with Gasteiger partial charge >= 0.3 is 0 Å². The summed E-state index contributed by atoms with van der Waals surface area (Å²) >= 11 is 6.09. The smallest absolute Gasteiger partial charge is 0.243 e. The first-order chi connectivity index (χ1) is 15.0. The first kappa shape index (κ1) is 24.6. The van der Waals surface area contributed by atoms with Crippen molar-refractivity contribution in [2.75, 3.05) is 24.3 Å². The van der Waals surface area contributed by atoms with Crippen LogP contribution in [0.4, 0.5) is 11.4 Å². The summed E-state index contributed by atoms with van der Waals surface area (Å²) in [7, 11) is 0.0344. The average Bonchev–Trinajstić information content (AvgIpc) is 3.56. The molecule has 1 aliphatic rings. The zero-order chi connectivity index (χ0) is 23.6. The van der Waals surface area contributed by atoms with Gasteiger partial charge in [-0.2, -0.15) is 4.31 Å². The van der Waals surface area contributed by atoms with E-state index in [1.807, 2.05) is 58.0 Å². The Morgan fingerprint density at radius 1 is 1.12 bits per heavy atom. The van der Waals surface area contributed by atoms with E-state index in [9.17, 15) is 13.2 Å². The normalized spacial score (nSPS) is 15.1. The minimum atomic E-state index is -3.80. The summed E-state index contributed by atoms with van der Waals surface area (Å²) in [5, 5.41) is 3.35. The van der Waals surface area contributed by atoms with Crippen LogP contribution in [0.5, 0.6) is 0 Å². The molecule has 0 spiro atoms. The second-order valence-electron chi connectivity index (χ2n) is 8.99. The maximum Gasteiger partial charge on any atom is 0.243 e. The lowest BCUT2D eigenvalue weighted by Gasteiger charge is -2.32. The number of anilines is 2. The summed E-state index contributed by atoms with van der Waals surface area (Å²) < 4.78 is 28.8. The highest BCUT2D eigenvalue weighted by Gasteiger charge is 2.32. The van der Waals surface area contributed by atoms with Crippen LogP contribution in [0.15, 0.2) is 47.4 Å². The molecule has 1 saturated carbocycles. The van der Waals surface area contributed by atoms with Gasteiger partial charge in [0.05, 0.1) is 4.90 Å². The second kappa shape index (κ2) is 9.81. The molecule has 6 nitrogen and oxygen atoms in total. The van der Waals surface area contributed by atoms with Gasteiger partial charge in [-0.25, -0.2) is 8.42 Å². The van der Waals surface area contributed by atoms with Gasteiger partial charge in [0.25, 0.3) is 0 Å². The van der Waals surface area contributed by atoms with Crippen molar-refractivity contribution in [1.82, 2.24) is 4.31 Å². The van der Waals surface area contributed by atoms with Crippen LogP contribution in [0.3, 0.4) is 0 Å². The van der Waals surface area contributed by atoms with Gasteiger partial charge in [0.15, 0.2) is 0 Å². The number of hydrogen-bond acceptors (Lipinski definition) is 4. The van der Waals surface area contributed by atoms with Crippen LogP contribution >= 0.6 is 11.6 Å². The van der Waals surface area contributed by atoms with E-state index >= 15 is 0 Å². The molecule has 1 fully saturated rings. The molecule has 0 unspecified atom stereocenters. The number of halogens is 1. The third-order valence-corrected chi connectivity index (χ3v) is 8.09. The van der Waals surface area contributed by atoms with Crippen LogP contribution in [0.25, 0.3) is 0 Å². The van der Waals surface area contributed by atoms with E-state index in [1.54, 1.807) is 18.2 Å².